The summed E-state index contributed by atoms with van der Waals surface area (Å²) >= 11 is 3.13. The van der Waals surface area contributed by atoms with Gasteiger partial charge in [-0.05, 0) is 40.5 Å². The van der Waals surface area contributed by atoms with Crippen molar-refractivity contribution in [1.29, 1.82) is 0 Å². The normalized spacial score (nSPS) is 13.5. The van der Waals surface area contributed by atoms with Gasteiger partial charge in [-0.15, -0.1) is 0 Å². The van der Waals surface area contributed by atoms with Gasteiger partial charge in [-0.25, -0.2) is 4.39 Å². The average molecular weight is 304 g/mol. The van der Waals surface area contributed by atoms with Crippen LogP contribution in [-0.4, -0.2) is 17.6 Å². The molecule has 1 unspecified atom stereocenters. The topological polar surface area (TPSA) is 70.6 Å². The van der Waals surface area contributed by atoms with Gasteiger partial charge < -0.3 is 16.3 Å². The van der Waals surface area contributed by atoms with Crippen LogP contribution < -0.4 is 11.1 Å². The highest BCUT2D eigenvalue weighted by Crippen LogP contribution is 2.24. The maximum absolute atomic E-state index is 13.2. The molecule has 0 bridgehead atoms. The lowest BCUT2D eigenvalue weighted by molar-refractivity contribution is 0.315. The van der Waals surface area contributed by atoms with Crippen molar-refractivity contribution in [2.75, 3.05) is 11.9 Å². The Morgan fingerprint density at radius 3 is 2.88 bits per heavy atom. The number of oxime groups is 1. The minimum absolute atomic E-state index is 0.108. The van der Waals surface area contributed by atoms with Crippen molar-refractivity contribution in [1.82, 2.24) is 0 Å². The van der Waals surface area contributed by atoms with Crippen LogP contribution in [0.5, 0.6) is 0 Å². The van der Waals surface area contributed by atoms with Gasteiger partial charge >= 0.3 is 0 Å². The summed E-state index contributed by atoms with van der Waals surface area (Å²) in [6.07, 6.45) is 0. The van der Waals surface area contributed by atoms with Crippen molar-refractivity contribution < 1.29 is 9.60 Å². The summed E-state index contributed by atoms with van der Waals surface area (Å²) in [7, 11) is 0. The fourth-order valence-electron chi connectivity index (χ4n) is 1.30. The third kappa shape index (κ3) is 3.59. The van der Waals surface area contributed by atoms with E-state index in [9.17, 15) is 4.39 Å². The van der Waals surface area contributed by atoms with Gasteiger partial charge in [0.25, 0.3) is 0 Å². The standard InChI is InChI=1S/C11H15BrFN3O/c1-6-3-9(13)8(12)4-10(6)15-5-7(2)11(14)16-17/h3-4,7,15,17H,5H2,1-2H3,(H2,14,16). The molecule has 6 heteroatoms. The number of rotatable bonds is 4. The quantitative estimate of drug-likeness (QED) is 0.347. The molecule has 0 aliphatic carbocycles. The predicted octanol–water partition coefficient (Wildman–Crippen LogP) is 2.69. The van der Waals surface area contributed by atoms with Crippen LogP contribution in [0.1, 0.15) is 12.5 Å². The Balaban J connectivity index is 2.73. The molecular weight excluding hydrogens is 289 g/mol. The van der Waals surface area contributed by atoms with Crippen LogP contribution in [0.25, 0.3) is 0 Å². The van der Waals surface area contributed by atoms with Crippen LogP contribution in [0.2, 0.25) is 0 Å². The number of benzene rings is 1. The molecule has 0 amide bonds. The largest absolute Gasteiger partial charge is 0.409 e. The van der Waals surface area contributed by atoms with Crippen molar-refractivity contribution in [2.24, 2.45) is 16.8 Å². The van der Waals surface area contributed by atoms with E-state index in [0.717, 1.165) is 11.3 Å². The number of nitrogens with two attached hydrogens (primary N) is 1. The van der Waals surface area contributed by atoms with Gasteiger partial charge in [0.05, 0.1) is 4.47 Å². The first-order valence-electron chi connectivity index (χ1n) is 5.12. The fourth-order valence-corrected chi connectivity index (χ4v) is 1.65. The highest BCUT2D eigenvalue weighted by molar-refractivity contribution is 9.10. The average Bonchev–Trinajstić information content (AvgIpc) is 2.30. The molecule has 94 valence electrons. The molecule has 0 saturated heterocycles. The van der Waals surface area contributed by atoms with E-state index in [2.05, 4.69) is 26.4 Å². The van der Waals surface area contributed by atoms with E-state index in [1.54, 1.807) is 6.07 Å². The molecule has 4 N–H and O–H groups in total. The zero-order valence-electron chi connectivity index (χ0n) is 9.67. The van der Waals surface area contributed by atoms with Gasteiger partial charge in [0.15, 0.2) is 0 Å². The monoisotopic (exact) mass is 303 g/mol. The number of nitrogens with one attached hydrogen (secondary N) is 1. The van der Waals surface area contributed by atoms with E-state index in [0.29, 0.717) is 11.0 Å². The van der Waals surface area contributed by atoms with Crippen molar-refractivity contribution in [2.45, 2.75) is 13.8 Å². The number of amidine groups is 1. The SMILES string of the molecule is Cc1cc(F)c(Br)cc1NCC(C)/C(N)=N/O. The first kappa shape index (κ1) is 13.8. The molecule has 1 atom stereocenters. The maximum atomic E-state index is 13.2. The molecule has 0 aliphatic heterocycles. The highest BCUT2D eigenvalue weighted by atomic mass is 79.9. The molecule has 1 rings (SSSR count). The molecule has 0 saturated carbocycles. The van der Waals surface area contributed by atoms with E-state index < -0.39 is 0 Å². The van der Waals surface area contributed by atoms with E-state index in [1.807, 2.05) is 13.8 Å². The van der Waals surface area contributed by atoms with E-state index in [-0.39, 0.29) is 17.6 Å². The van der Waals surface area contributed by atoms with Crippen LogP contribution in [0.3, 0.4) is 0 Å². The van der Waals surface area contributed by atoms with Crippen molar-refractivity contribution in [3.8, 4) is 0 Å². The molecule has 1 aromatic rings. The number of nitrogens with zero attached hydrogens (tertiary/aromatic N) is 1. The van der Waals surface area contributed by atoms with Crippen LogP contribution >= 0.6 is 15.9 Å². The fraction of sp³-hybridized carbons (Fsp3) is 0.364. The molecule has 0 fully saturated rings. The molecule has 0 radical (unpaired) electrons. The second kappa shape index (κ2) is 5.86. The third-order valence-electron chi connectivity index (χ3n) is 2.49. The lowest BCUT2D eigenvalue weighted by atomic mass is 10.1. The van der Waals surface area contributed by atoms with E-state index in [4.69, 9.17) is 10.9 Å². The second-order valence-corrected chi connectivity index (χ2v) is 4.74. The summed E-state index contributed by atoms with van der Waals surface area (Å²) in [6.45, 7) is 4.15. The Morgan fingerprint density at radius 1 is 1.65 bits per heavy atom. The van der Waals surface area contributed by atoms with Crippen molar-refractivity contribution in [3.63, 3.8) is 0 Å². The second-order valence-electron chi connectivity index (χ2n) is 3.89. The van der Waals surface area contributed by atoms with Crippen LogP contribution in [0.15, 0.2) is 21.8 Å². The van der Waals surface area contributed by atoms with Crippen LogP contribution in [0, 0.1) is 18.7 Å². The molecular formula is C11H15BrFN3O. The molecule has 0 aliphatic rings. The minimum atomic E-state index is -0.294. The number of hydrogen-bond acceptors (Lipinski definition) is 3. The van der Waals surface area contributed by atoms with Crippen LogP contribution in [0.4, 0.5) is 10.1 Å². The minimum Gasteiger partial charge on any atom is -0.409 e. The summed E-state index contributed by atoms with van der Waals surface area (Å²) in [5.74, 6) is -0.239. The molecule has 1 aromatic carbocycles. The summed E-state index contributed by atoms with van der Waals surface area (Å²) in [5, 5.41) is 14.6. The molecule has 0 aromatic heterocycles. The number of halogens is 2. The van der Waals surface area contributed by atoms with E-state index in [1.165, 1.54) is 6.07 Å². The number of hydrogen-bond donors (Lipinski definition) is 3. The first-order valence-corrected chi connectivity index (χ1v) is 5.92. The Morgan fingerprint density at radius 2 is 2.29 bits per heavy atom. The van der Waals surface area contributed by atoms with Crippen LogP contribution in [-0.2, 0) is 0 Å². The Kier molecular flexibility index (Phi) is 4.74. The molecule has 17 heavy (non-hydrogen) atoms. The zero-order chi connectivity index (χ0) is 13.0. The summed E-state index contributed by atoms with van der Waals surface area (Å²) in [6, 6.07) is 3.12. The van der Waals surface area contributed by atoms with Crippen molar-refractivity contribution >= 4 is 27.5 Å². The Labute approximate surface area is 108 Å². The molecule has 0 spiro atoms. The van der Waals surface area contributed by atoms with E-state index >= 15 is 0 Å². The third-order valence-corrected chi connectivity index (χ3v) is 3.09. The first-order chi connectivity index (χ1) is 7.95. The van der Waals surface area contributed by atoms with Gasteiger partial charge in [-0.1, -0.05) is 12.1 Å². The smallest absolute Gasteiger partial charge is 0.143 e. The van der Waals surface area contributed by atoms with Gasteiger partial charge in [-0.2, -0.15) is 0 Å². The van der Waals surface area contributed by atoms with Crippen molar-refractivity contribution in [3.05, 3.63) is 28.0 Å². The summed E-state index contributed by atoms with van der Waals surface area (Å²) in [4.78, 5) is 0. The Hall–Kier alpha value is -1.30. The summed E-state index contributed by atoms with van der Waals surface area (Å²) in [5.41, 5.74) is 7.08. The maximum Gasteiger partial charge on any atom is 0.143 e. The lowest BCUT2D eigenvalue weighted by Gasteiger charge is -2.14. The summed E-state index contributed by atoms with van der Waals surface area (Å²) < 4.78 is 13.6. The molecule has 4 nitrogen and oxygen atoms in total. The van der Waals surface area contributed by atoms with Gasteiger partial charge in [-0.3, -0.25) is 0 Å². The van der Waals surface area contributed by atoms with Gasteiger partial charge in [0, 0.05) is 18.2 Å². The predicted molar refractivity (Wildman–Crippen MR) is 69.9 cm³/mol. The number of anilines is 1. The number of aryl methyl sites for hydroxylation is 1. The van der Waals surface area contributed by atoms with Gasteiger partial charge in [0.1, 0.15) is 11.7 Å². The lowest BCUT2D eigenvalue weighted by Crippen LogP contribution is -2.27. The van der Waals surface area contributed by atoms with Gasteiger partial charge in [0.2, 0.25) is 0 Å². The zero-order valence-corrected chi connectivity index (χ0v) is 11.3. The Bertz CT molecular complexity index is 437. The molecule has 0 heterocycles. The highest BCUT2D eigenvalue weighted by Gasteiger charge is 2.09.